The van der Waals surface area contributed by atoms with E-state index in [4.69, 9.17) is 14.2 Å². The number of rotatable bonds is 5. The molecule has 0 aromatic heterocycles. The van der Waals surface area contributed by atoms with Crippen LogP contribution in [0.15, 0.2) is 78.6 Å². The summed E-state index contributed by atoms with van der Waals surface area (Å²) in [6, 6.07) is 21.8. The molecule has 0 bridgehead atoms. The standard InChI is InChI=1S/C25H25NO4/c1-26-15-20(16-30-22-12-10-21(28-2)11-13-22)23(25(27)29-3)24(26)19-9-8-17-6-4-5-7-18(17)14-19/h4-14,16,23-24H,15H2,1-3H3/b20-16+/t23-,24+/m0/s1. The van der Waals surface area contributed by atoms with Crippen LogP contribution in [0, 0.1) is 5.92 Å². The van der Waals surface area contributed by atoms with E-state index in [2.05, 4.69) is 35.2 Å². The molecule has 1 fully saturated rings. The molecular weight excluding hydrogens is 378 g/mol. The average molecular weight is 403 g/mol. The molecule has 4 rings (SSSR count). The third-order valence-electron chi connectivity index (χ3n) is 5.60. The second kappa shape index (κ2) is 8.59. The van der Waals surface area contributed by atoms with E-state index in [9.17, 15) is 4.79 Å². The van der Waals surface area contributed by atoms with Crippen LogP contribution in [0.4, 0.5) is 0 Å². The van der Waals surface area contributed by atoms with Gasteiger partial charge < -0.3 is 14.2 Å². The highest BCUT2D eigenvalue weighted by atomic mass is 16.5. The molecule has 0 saturated carbocycles. The quantitative estimate of drug-likeness (QED) is 0.461. The number of likely N-dealkylation sites (N-methyl/N-ethyl adjacent to an activating group) is 1. The summed E-state index contributed by atoms with van der Waals surface area (Å²) in [6.07, 6.45) is 1.68. The molecule has 154 valence electrons. The lowest BCUT2D eigenvalue weighted by Gasteiger charge is -2.24. The normalized spacial score (nSPS) is 20.4. The van der Waals surface area contributed by atoms with Gasteiger partial charge in [-0.25, -0.2) is 0 Å². The number of esters is 1. The largest absolute Gasteiger partial charge is 0.497 e. The van der Waals surface area contributed by atoms with Crippen LogP contribution in [-0.2, 0) is 9.53 Å². The van der Waals surface area contributed by atoms with Gasteiger partial charge in [-0.3, -0.25) is 9.69 Å². The lowest BCUT2D eigenvalue weighted by atomic mass is 9.90. The summed E-state index contributed by atoms with van der Waals surface area (Å²) < 4.78 is 16.2. The first-order valence-corrected chi connectivity index (χ1v) is 9.87. The Morgan fingerprint density at radius 3 is 2.37 bits per heavy atom. The van der Waals surface area contributed by atoms with Crippen LogP contribution in [0.3, 0.4) is 0 Å². The van der Waals surface area contributed by atoms with Crippen LogP contribution in [-0.4, -0.2) is 38.7 Å². The van der Waals surface area contributed by atoms with Gasteiger partial charge in [-0.1, -0.05) is 36.4 Å². The van der Waals surface area contributed by atoms with Gasteiger partial charge in [0, 0.05) is 6.54 Å². The molecule has 0 radical (unpaired) electrons. The van der Waals surface area contributed by atoms with E-state index >= 15 is 0 Å². The van der Waals surface area contributed by atoms with Crippen molar-refractivity contribution in [2.24, 2.45) is 5.92 Å². The molecule has 30 heavy (non-hydrogen) atoms. The van der Waals surface area contributed by atoms with Crippen molar-refractivity contribution in [2.45, 2.75) is 6.04 Å². The van der Waals surface area contributed by atoms with Gasteiger partial charge in [-0.2, -0.15) is 0 Å². The molecule has 1 heterocycles. The van der Waals surface area contributed by atoms with Crippen molar-refractivity contribution >= 4 is 16.7 Å². The zero-order valence-electron chi connectivity index (χ0n) is 17.4. The molecule has 5 nitrogen and oxygen atoms in total. The highest BCUT2D eigenvalue weighted by molar-refractivity contribution is 5.84. The average Bonchev–Trinajstić information content (AvgIpc) is 3.13. The number of hydrogen-bond donors (Lipinski definition) is 0. The number of carbonyl (C=O) groups is 1. The van der Waals surface area contributed by atoms with E-state index in [1.54, 1.807) is 13.4 Å². The Labute approximate surface area is 176 Å². The van der Waals surface area contributed by atoms with Crippen LogP contribution >= 0.6 is 0 Å². The van der Waals surface area contributed by atoms with Crippen LogP contribution < -0.4 is 9.47 Å². The molecule has 1 aliphatic rings. The molecule has 0 N–H and O–H groups in total. The van der Waals surface area contributed by atoms with Crippen LogP contribution in [0.5, 0.6) is 11.5 Å². The van der Waals surface area contributed by atoms with E-state index in [0.29, 0.717) is 12.3 Å². The van der Waals surface area contributed by atoms with Crippen LogP contribution in [0.25, 0.3) is 10.8 Å². The van der Waals surface area contributed by atoms with Crippen molar-refractivity contribution in [1.29, 1.82) is 0 Å². The van der Waals surface area contributed by atoms with Crippen molar-refractivity contribution in [2.75, 3.05) is 27.8 Å². The van der Waals surface area contributed by atoms with Gasteiger partial charge in [0.15, 0.2) is 0 Å². The maximum absolute atomic E-state index is 12.8. The summed E-state index contributed by atoms with van der Waals surface area (Å²) in [5.74, 6) is 0.754. The Morgan fingerprint density at radius 2 is 1.67 bits per heavy atom. The van der Waals surface area contributed by atoms with Crippen LogP contribution in [0.2, 0.25) is 0 Å². The van der Waals surface area contributed by atoms with E-state index < -0.39 is 5.92 Å². The first-order chi connectivity index (χ1) is 14.6. The fourth-order valence-corrected chi connectivity index (χ4v) is 4.10. The maximum atomic E-state index is 12.8. The summed E-state index contributed by atoms with van der Waals surface area (Å²) in [6.45, 7) is 0.618. The maximum Gasteiger partial charge on any atom is 0.314 e. The summed E-state index contributed by atoms with van der Waals surface area (Å²) in [4.78, 5) is 14.9. The van der Waals surface area contributed by atoms with Crippen molar-refractivity contribution in [1.82, 2.24) is 4.90 Å². The molecule has 0 amide bonds. The van der Waals surface area contributed by atoms with Crippen LogP contribution in [0.1, 0.15) is 11.6 Å². The first-order valence-electron chi connectivity index (χ1n) is 9.87. The number of ether oxygens (including phenoxy) is 3. The fourth-order valence-electron chi connectivity index (χ4n) is 4.10. The first kappa shape index (κ1) is 20.0. The minimum atomic E-state index is -0.431. The molecule has 0 aliphatic carbocycles. The van der Waals surface area contributed by atoms with Gasteiger partial charge in [-0.15, -0.1) is 0 Å². The number of hydrogen-bond acceptors (Lipinski definition) is 5. The molecule has 3 aromatic carbocycles. The van der Waals surface area contributed by atoms with E-state index in [1.165, 1.54) is 12.5 Å². The lowest BCUT2D eigenvalue weighted by molar-refractivity contribution is -0.145. The summed E-state index contributed by atoms with van der Waals surface area (Å²) in [7, 11) is 5.07. The molecule has 3 aromatic rings. The Hall–Kier alpha value is -3.31. The number of likely N-dealkylation sites (tertiary alicyclic amines) is 1. The predicted molar refractivity (Wildman–Crippen MR) is 117 cm³/mol. The van der Waals surface area contributed by atoms with Gasteiger partial charge in [0.1, 0.15) is 17.4 Å². The highest BCUT2D eigenvalue weighted by Crippen LogP contribution is 2.41. The Kier molecular flexibility index (Phi) is 5.72. The monoisotopic (exact) mass is 403 g/mol. The Balaban J connectivity index is 1.65. The second-order valence-electron chi connectivity index (χ2n) is 7.45. The smallest absolute Gasteiger partial charge is 0.314 e. The molecule has 0 unspecified atom stereocenters. The zero-order valence-corrected chi connectivity index (χ0v) is 17.4. The molecule has 2 atom stereocenters. The molecule has 0 spiro atoms. The second-order valence-corrected chi connectivity index (χ2v) is 7.45. The summed E-state index contributed by atoms with van der Waals surface area (Å²) >= 11 is 0. The van der Waals surface area contributed by atoms with Gasteiger partial charge in [0.2, 0.25) is 0 Å². The van der Waals surface area contributed by atoms with Crippen molar-refractivity contribution in [3.05, 3.63) is 84.1 Å². The fraction of sp³-hybridized carbons (Fsp3) is 0.240. The van der Waals surface area contributed by atoms with Crippen molar-refractivity contribution in [3.8, 4) is 11.5 Å². The minimum absolute atomic E-state index is 0.118. The molecular formula is C25H25NO4. The number of methoxy groups -OCH3 is 2. The Bertz CT molecular complexity index is 1070. The number of nitrogens with zero attached hydrogens (tertiary/aromatic N) is 1. The van der Waals surface area contributed by atoms with Crippen molar-refractivity contribution in [3.63, 3.8) is 0 Å². The SMILES string of the molecule is COC(=O)[C@H]1/C(=C/Oc2ccc(OC)cc2)CN(C)[C@@H]1c1ccc2ccccc2c1. The summed E-state index contributed by atoms with van der Waals surface area (Å²) in [5, 5.41) is 2.33. The van der Waals surface area contributed by atoms with Crippen molar-refractivity contribution < 1.29 is 19.0 Å². The van der Waals surface area contributed by atoms with E-state index in [1.807, 2.05) is 43.4 Å². The highest BCUT2D eigenvalue weighted by Gasteiger charge is 2.42. The lowest BCUT2D eigenvalue weighted by Crippen LogP contribution is -2.26. The van der Waals surface area contributed by atoms with Gasteiger partial charge in [0.05, 0.1) is 26.5 Å². The molecule has 1 saturated heterocycles. The minimum Gasteiger partial charge on any atom is -0.497 e. The molecule has 5 heteroatoms. The van der Waals surface area contributed by atoms with Gasteiger partial charge in [0.25, 0.3) is 0 Å². The van der Waals surface area contributed by atoms with Gasteiger partial charge >= 0.3 is 5.97 Å². The van der Waals surface area contributed by atoms with Gasteiger partial charge in [-0.05, 0) is 59.3 Å². The van der Waals surface area contributed by atoms with E-state index in [0.717, 1.165) is 22.3 Å². The number of carbonyl (C=O) groups excluding carboxylic acids is 1. The Morgan fingerprint density at radius 1 is 0.967 bits per heavy atom. The van der Waals surface area contributed by atoms with E-state index in [-0.39, 0.29) is 12.0 Å². The number of fused-ring (bicyclic) bond motifs is 1. The predicted octanol–water partition coefficient (Wildman–Crippen LogP) is 4.59. The third kappa shape index (κ3) is 3.89. The number of benzene rings is 3. The summed E-state index contributed by atoms with van der Waals surface area (Å²) in [5.41, 5.74) is 1.97. The molecule has 1 aliphatic heterocycles. The topological polar surface area (TPSA) is 48.0 Å². The zero-order chi connectivity index (χ0) is 21.1. The third-order valence-corrected chi connectivity index (χ3v) is 5.60.